The van der Waals surface area contributed by atoms with Crippen molar-refractivity contribution in [2.75, 3.05) is 17.2 Å². The first kappa shape index (κ1) is 19.6. The number of carbonyl (C=O) groups is 3. The number of anilines is 1. The van der Waals surface area contributed by atoms with Gasteiger partial charge in [0.05, 0.1) is 17.0 Å². The number of benzene rings is 2. The summed E-state index contributed by atoms with van der Waals surface area (Å²) in [6.45, 7) is 0.526. The van der Waals surface area contributed by atoms with Gasteiger partial charge >= 0.3 is 5.97 Å². The average Bonchev–Trinajstić information content (AvgIpc) is 3.38. The maximum atomic E-state index is 12.8. The Bertz CT molecular complexity index is 1140. The molecule has 2 aromatic carbocycles. The molecule has 0 radical (unpaired) electrons. The van der Waals surface area contributed by atoms with Crippen molar-refractivity contribution in [2.45, 2.75) is 11.6 Å². The number of nitrogens with two attached hydrogens (primary N) is 1. The molecule has 0 unspecified atom stereocenters. The quantitative estimate of drug-likeness (QED) is 0.561. The van der Waals surface area contributed by atoms with Gasteiger partial charge in [0.25, 0.3) is 0 Å². The highest BCUT2D eigenvalue weighted by atomic mass is 32.2. The van der Waals surface area contributed by atoms with Crippen LogP contribution in [0.5, 0.6) is 0 Å². The number of hydrogen-bond donors (Lipinski definition) is 2. The van der Waals surface area contributed by atoms with E-state index in [1.54, 1.807) is 35.2 Å². The zero-order chi connectivity index (χ0) is 21.3. The summed E-state index contributed by atoms with van der Waals surface area (Å²) in [5.74, 6) is -1.51. The third-order valence-electron chi connectivity index (χ3n) is 4.69. The molecule has 0 bridgehead atoms. The minimum atomic E-state index is -1.02. The number of thioether (sulfide) groups is 1. The first-order chi connectivity index (χ1) is 14.4. The number of carbonyl (C=O) groups excluding carboxylic acids is 2. The minimum Gasteiger partial charge on any atom is -0.478 e. The molecule has 1 aliphatic rings. The third kappa shape index (κ3) is 3.74. The molecule has 0 spiro atoms. The lowest BCUT2D eigenvalue weighted by molar-refractivity contribution is -0.116. The van der Waals surface area contributed by atoms with Crippen molar-refractivity contribution in [3.05, 3.63) is 59.2 Å². The van der Waals surface area contributed by atoms with Crippen LogP contribution in [0.3, 0.4) is 0 Å². The normalized spacial score (nSPS) is 12.6. The second-order valence-corrected chi connectivity index (χ2v) is 7.46. The molecule has 0 saturated carbocycles. The molecule has 2 amide bonds. The van der Waals surface area contributed by atoms with Crippen molar-refractivity contribution in [1.82, 2.24) is 20.2 Å². The summed E-state index contributed by atoms with van der Waals surface area (Å²) < 4.78 is 1.45. The Morgan fingerprint density at radius 1 is 1.10 bits per heavy atom. The third-order valence-corrected chi connectivity index (χ3v) is 5.59. The molecule has 2 heterocycles. The van der Waals surface area contributed by atoms with Crippen LogP contribution in [0, 0.1) is 0 Å². The SMILES string of the molecule is NC(=O)c1ccc2c(c1)CCN2C(=O)CSc1nnnn1-c1ccc(C(=O)O)cc1. The Balaban J connectivity index is 1.46. The van der Waals surface area contributed by atoms with Gasteiger partial charge in [-0.1, -0.05) is 11.8 Å². The van der Waals surface area contributed by atoms with Gasteiger partial charge < -0.3 is 15.7 Å². The molecule has 3 N–H and O–H groups in total. The van der Waals surface area contributed by atoms with E-state index < -0.39 is 11.9 Å². The predicted molar refractivity (Wildman–Crippen MR) is 108 cm³/mol. The number of nitrogens with zero attached hydrogens (tertiary/aromatic N) is 5. The zero-order valence-electron chi connectivity index (χ0n) is 15.6. The molecule has 3 aromatic rings. The van der Waals surface area contributed by atoms with Gasteiger partial charge in [0.1, 0.15) is 0 Å². The Labute approximate surface area is 174 Å². The van der Waals surface area contributed by atoms with E-state index in [1.165, 1.54) is 28.6 Å². The monoisotopic (exact) mass is 424 g/mol. The van der Waals surface area contributed by atoms with Crippen LogP contribution in [0.25, 0.3) is 5.69 Å². The maximum absolute atomic E-state index is 12.8. The highest BCUT2D eigenvalue weighted by Crippen LogP contribution is 2.30. The summed E-state index contributed by atoms with van der Waals surface area (Å²) in [5, 5.41) is 20.9. The van der Waals surface area contributed by atoms with E-state index in [1.807, 2.05) is 0 Å². The van der Waals surface area contributed by atoms with Gasteiger partial charge in [-0.05, 0) is 64.9 Å². The molecule has 152 valence electrons. The number of rotatable bonds is 6. The zero-order valence-corrected chi connectivity index (χ0v) is 16.4. The number of hydrogen-bond acceptors (Lipinski definition) is 7. The Morgan fingerprint density at radius 2 is 1.83 bits per heavy atom. The topological polar surface area (TPSA) is 144 Å². The Morgan fingerprint density at radius 3 is 2.53 bits per heavy atom. The molecular formula is C19H16N6O4S. The molecule has 1 aliphatic heterocycles. The summed E-state index contributed by atoms with van der Waals surface area (Å²) in [7, 11) is 0. The minimum absolute atomic E-state index is 0.110. The lowest BCUT2D eigenvalue weighted by Crippen LogP contribution is -2.30. The predicted octanol–water partition coefficient (Wildman–Crippen LogP) is 1.14. The van der Waals surface area contributed by atoms with E-state index in [9.17, 15) is 14.4 Å². The molecule has 1 aromatic heterocycles. The first-order valence-corrected chi connectivity index (χ1v) is 9.90. The summed E-state index contributed by atoms with van der Waals surface area (Å²) in [5.41, 5.74) is 8.17. The number of tetrazole rings is 1. The van der Waals surface area contributed by atoms with Gasteiger partial charge in [0.2, 0.25) is 17.0 Å². The Kier molecular flexibility index (Phi) is 5.19. The van der Waals surface area contributed by atoms with Crippen LogP contribution < -0.4 is 10.6 Å². The first-order valence-electron chi connectivity index (χ1n) is 8.92. The lowest BCUT2D eigenvalue weighted by atomic mass is 10.1. The van der Waals surface area contributed by atoms with Crippen LogP contribution in [0.4, 0.5) is 5.69 Å². The fourth-order valence-corrected chi connectivity index (χ4v) is 3.96. The van der Waals surface area contributed by atoms with Crippen LogP contribution in [0.1, 0.15) is 26.3 Å². The van der Waals surface area contributed by atoms with Crippen LogP contribution in [0.15, 0.2) is 47.6 Å². The highest BCUT2D eigenvalue weighted by molar-refractivity contribution is 7.99. The fraction of sp³-hybridized carbons (Fsp3) is 0.158. The molecule has 0 atom stereocenters. The van der Waals surface area contributed by atoms with Crippen LogP contribution in [0.2, 0.25) is 0 Å². The molecule has 0 fully saturated rings. The maximum Gasteiger partial charge on any atom is 0.335 e. The van der Waals surface area contributed by atoms with E-state index in [4.69, 9.17) is 10.8 Å². The summed E-state index contributed by atoms with van der Waals surface area (Å²) in [6, 6.07) is 11.2. The number of carboxylic acid groups (broad SMARTS) is 1. The van der Waals surface area contributed by atoms with Crippen LogP contribution >= 0.6 is 11.8 Å². The highest BCUT2D eigenvalue weighted by Gasteiger charge is 2.26. The van der Waals surface area contributed by atoms with E-state index >= 15 is 0 Å². The van der Waals surface area contributed by atoms with Crippen molar-refractivity contribution in [1.29, 1.82) is 0 Å². The van der Waals surface area contributed by atoms with Crippen molar-refractivity contribution in [2.24, 2.45) is 5.73 Å². The van der Waals surface area contributed by atoms with E-state index in [0.717, 1.165) is 11.3 Å². The molecule has 11 heteroatoms. The molecular weight excluding hydrogens is 408 g/mol. The summed E-state index contributed by atoms with van der Waals surface area (Å²) in [6.07, 6.45) is 0.653. The van der Waals surface area contributed by atoms with Gasteiger partial charge in [-0.15, -0.1) is 5.10 Å². The van der Waals surface area contributed by atoms with Crippen molar-refractivity contribution < 1.29 is 19.5 Å². The smallest absolute Gasteiger partial charge is 0.335 e. The van der Waals surface area contributed by atoms with Crippen molar-refractivity contribution in [3.8, 4) is 5.69 Å². The molecule has 10 nitrogen and oxygen atoms in total. The summed E-state index contributed by atoms with van der Waals surface area (Å²) in [4.78, 5) is 36.8. The Hall–Kier alpha value is -3.73. The van der Waals surface area contributed by atoms with Crippen molar-refractivity contribution in [3.63, 3.8) is 0 Å². The molecule has 0 aliphatic carbocycles. The van der Waals surface area contributed by atoms with Gasteiger partial charge in [0, 0.05) is 17.8 Å². The van der Waals surface area contributed by atoms with Gasteiger partial charge in [0.15, 0.2) is 0 Å². The van der Waals surface area contributed by atoms with E-state index in [2.05, 4.69) is 15.5 Å². The number of aromatic nitrogens is 4. The van der Waals surface area contributed by atoms with Gasteiger partial charge in [-0.2, -0.15) is 4.68 Å². The standard InChI is InChI=1S/C19H16N6O4S/c20-17(27)13-3-6-15-12(9-13)7-8-24(15)16(26)10-30-19-21-22-23-25(19)14-4-1-11(2-5-14)18(28)29/h1-6,9H,7-8,10H2,(H2,20,27)(H,28,29). The second kappa shape index (κ2) is 7.95. The average molecular weight is 424 g/mol. The fourth-order valence-electron chi connectivity index (χ4n) is 3.19. The number of primary amides is 1. The van der Waals surface area contributed by atoms with Crippen LogP contribution in [-0.4, -0.2) is 55.4 Å². The number of aromatic carboxylic acids is 1. The van der Waals surface area contributed by atoms with E-state index in [-0.39, 0.29) is 17.2 Å². The van der Waals surface area contributed by atoms with Gasteiger partial charge in [-0.25, -0.2) is 4.79 Å². The number of fused-ring (bicyclic) bond motifs is 1. The van der Waals surface area contributed by atoms with Crippen molar-refractivity contribution >= 4 is 35.2 Å². The van der Waals surface area contributed by atoms with Gasteiger partial charge in [-0.3, -0.25) is 9.59 Å². The lowest BCUT2D eigenvalue weighted by Gasteiger charge is -2.17. The largest absolute Gasteiger partial charge is 0.478 e. The molecule has 30 heavy (non-hydrogen) atoms. The molecule has 4 rings (SSSR count). The van der Waals surface area contributed by atoms with E-state index in [0.29, 0.717) is 29.4 Å². The number of amides is 2. The second-order valence-electron chi connectivity index (χ2n) is 6.52. The van der Waals surface area contributed by atoms with Crippen LogP contribution in [-0.2, 0) is 11.2 Å². The summed E-state index contributed by atoms with van der Waals surface area (Å²) >= 11 is 1.18. The number of carboxylic acids is 1. The molecule has 0 saturated heterocycles.